The third-order valence-electron chi connectivity index (χ3n) is 4.82. The van der Waals surface area contributed by atoms with Crippen molar-refractivity contribution in [1.82, 2.24) is 14.8 Å². The molecule has 1 aromatic heterocycles. The highest BCUT2D eigenvalue weighted by atomic mass is 16.2. The molecule has 0 spiro atoms. The van der Waals surface area contributed by atoms with E-state index < -0.39 is 0 Å². The Hall–Kier alpha value is -2.14. The van der Waals surface area contributed by atoms with Crippen molar-refractivity contribution in [2.45, 2.75) is 18.9 Å². The third-order valence-corrected chi connectivity index (χ3v) is 4.82. The second-order valence-electron chi connectivity index (χ2n) is 6.22. The van der Waals surface area contributed by atoms with Crippen molar-refractivity contribution in [3.8, 4) is 0 Å². The Morgan fingerprint density at radius 3 is 3.00 bits per heavy atom. The Morgan fingerprint density at radius 2 is 2.09 bits per heavy atom. The van der Waals surface area contributed by atoms with Crippen LogP contribution in [0, 0.1) is 0 Å². The molecule has 1 N–H and O–H groups in total. The van der Waals surface area contributed by atoms with Gasteiger partial charge in [-0.2, -0.15) is 0 Å². The summed E-state index contributed by atoms with van der Waals surface area (Å²) < 4.78 is 0. The van der Waals surface area contributed by atoms with Crippen LogP contribution in [0.5, 0.6) is 0 Å². The van der Waals surface area contributed by atoms with Crippen molar-refractivity contribution in [1.29, 1.82) is 0 Å². The molecule has 2 aromatic rings. The van der Waals surface area contributed by atoms with E-state index in [1.807, 2.05) is 29.2 Å². The smallest absolute Gasteiger partial charge is 0.256 e. The Balaban J connectivity index is 1.58. The van der Waals surface area contributed by atoms with Crippen LogP contribution < -0.4 is 5.56 Å². The molecule has 2 fully saturated rings. The van der Waals surface area contributed by atoms with Gasteiger partial charge in [-0.15, -0.1) is 0 Å². The summed E-state index contributed by atoms with van der Waals surface area (Å²) in [6.45, 7) is 3.87. The number of aromatic nitrogens is 1. The van der Waals surface area contributed by atoms with Crippen molar-refractivity contribution in [3.63, 3.8) is 0 Å². The maximum atomic E-state index is 12.6. The molecule has 2 saturated heterocycles. The molecule has 0 radical (unpaired) electrons. The van der Waals surface area contributed by atoms with E-state index in [9.17, 15) is 9.59 Å². The zero-order valence-electron chi connectivity index (χ0n) is 12.4. The molecule has 114 valence electrons. The molecule has 0 saturated carbocycles. The van der Waals surface area contributed by atoms with E-state index in [0.717, 1.165) is 38.0 Å². The number of carbonyl (C=O) groups excluding carboxylic acids is 1. The second-order valence-corrected chi connectivity index (χ2v) is 6.22. The lowest BCUT2D eigenvalue weighted by atomic mass is 10.1. The molecule has 1 aromatic carbocycles. The topological polar surface area (TPSA) is 56.4 Å². The Morgan fingerprint density at radius 1 is 1.23 bits per heavy atom. The highest BCUT2D eigenvalue weighted by molar-refractivity contribution is 5.84. The molecule has 2 unspecified atom stereocenters. The van der Waals surface area contributed by atoms with Crippen molar-refractivity contribution in [3.05, 3.63) is 46.4 Å². The molecule has 4 rings (SSSR count). The van der Waals surface area contributed by atoms with Gasteiger partial charge < -0.3 is 9.88 Å². The number of benzene rings is 1. The van der Waals surface area contributed by atoms with Crippen molar-refractivity contribution < 1.29 is 4.79 Å². The fourth-order valence-electron chi connectivity index (χ4n) is 3.66. The molecule has 5 nitrogen and oxygen atoms in total. The number of piperazine rings is 1. The summed E-state index contributed by atoms with van der Waals surface area (Å²) in [4.78, 5) is 31.9. The molecule has 2 aliphatic rings. The minimum absolute atomic E-state index is 0.119. The predicted octanol–water partition coefficient (Wildman–Crippen LogP) is 0.987. The summed E-state index contributed by atoms with van der Waals surface area (Å²) in [6.07, 6.45) is 1.34. The first-order valence-electron chi connectivity index (χ1n) is 7.83. The van der Waals surface area contributed by atoms with Gasteiger partial charge in [0.15, 0.2) is 0 Å². The molecule has 0 aliphatic carbocycles. The highest BCUT2D eigenvalue weighted by Crippen LogP contribution is 2.21. The number of nitrogens with zero attached hydrogens (tertiary/aromatic N) is 2. The van der Waals surface area contributed by atoms with E-state index in [1.165, 1.54) is 0 Å². The van der Waals surface area contributed by atoms with Gasteiger partial charge in [0.2, 0.25) is 5.91 Å². The van der Waals surface area contributed by atoms with Gasteiger partial charge >= 0.3 is 0 Å². The number of fused-ring (bicyclic) bond motifs is 3. The van der Waals surface area contributed by atoms with Crippen molar-refractivity contribution >= 4 is 16.7 Å². The SMILES string of the molecule is O=C(Cc1cc2ccccc2c(=O)[nH]1)N1CCN2CCC1C2. The number of hydrogen-bond donors (Lipinski definition) is 1. The van der Waals surface area contributed by atoms with Gasteiger partial charge in [0.05, 0.1) is 6.42 Å². The standard InChI is InChI=1S/C17H19N3O2/c21-16(20-8-7-19-6-5-14(20)11-19)10-13-9-12-3-1-2-4-15(12)17(22)18-13/h1-4,9,14H,5-8,10-11H2,(H,18,22). The Kier molecular flexibility index (Phi) is 3.22. The number of rotatable bonds is 2. The average molecular weight is 297 g/mol. The zero-order chi connectivity index (χ0) is 15.1. The number of H-pyrrole nitrogens is 1. The number of nitrogens with one attached hydrogen (secondary N) is 1. The molecule has 5 heteroatoms. The monoisotopic (exact) mass is 297 g/mol. The quantitative estimate of drug-likeness (QED) is 0.899. The van der Waals surface area contributed by atoms with Crippen LogP contribution in [-0.2, 0) is 11.2 Å². The summed E-state index contributed by atoms with van der Waals surface area (Å²) in [5.74, 6) is 0.123. The lowest BCUT2D eigenvalue weighted by Gasteiger charge is -2.34. The van der Waals surface area contributed by atoms with Crippen LogP contribution in [0.4, 0.5) is 0 Å². The summed E-state index contributed by atoms with van der Waals surface area (Å²) in [6, 6.07) is 9.74. The zero-order valence-corrected chi connectivity index (χ0v) is 12.4. The molecule has 3 heterocycles. The molecule has 22 heavy (non-hydrogen) atoms. The summed E-state index contributed by atoms with van der Waals surface area (Å²) in [5, 5.41) is 1.56. The maximum absolute atomic E-state index is 12.6. The van der Waals surface area contributed by atoms with Crippen LogP contribution >= 0.6 is 0 Å². The molecular formula is C17H19N3O2. The van der Waals surface area contributed by atoms with Crippen LogP contribution in [0.2, 0.25) is 0 Å². The summed E-state index contributed by atoms with van der Waals surface area (Å²) in [7, 11) is 0. The van der Waals surface area contributed by atoms with E-state index in [-0.39, 0.29) is 17.9 Å². The minimum atomic E-state index is -0.119. The molecule has 2 bridgehead atoms. The number of aromatic amines is 1. The van der Waals surface area contributed by atoms with Crippen LogP contribution in [0.25, 0.3) is 10.8 Å². The fourth-order valence-corrected chi connectivity index (χ4v) is 3.66. The van der Waals surface area contributed by atoms with E-state index in [4.69, 9.17) is 0 Å². The molecular weight excluding hydrogens is 278 g/mol. The van der Waals surface area contributed by atoms with E-state index in [2.05, 4.69) is 9.88 Å². The van der Waals surface area contributed by atoms with E-state index >= 15 is 0 Å². The van der Waals surface area contributed by atoms with Crippen LogP contribution in [0.3, 0.4) is 0 Å². The van der Waals surface area contributed by atoms with Gasteiger partial charge in [0.25, 0.3) is 5.56 Å². The normalized spacial score (nSPS) is 23.9. The Bertz CT molecular complexity index is 783. The van der Waals surface area contributed by atoms with Crippen LogP contribution in [-0.4, -0.2) is 52.9 Å². The summed E-state index contributed by atoms with van der Waals surface area (Å²) in [5.41, 5.74) is 0.584. The lowest BCUT2D eigenvalue weighted by Crippen LogP contribution is -2.50. The van der Waals surface area contributed by atoms with Crippen LogP contribution in [0.15, 0.2) is 35.1 Å². The van der Waals surface area contributed by atoms with Crippen molar-refractivity contribution in [2.75, 3.05) is 26.2 Å². The maximum Gasteiger partial charge on any atom is 0.256 e. The van der Waals surface area contributed by atoms with E-state index in [1.54, 1.807) is 6.07 Å². The predicted molar refractivity (Wildman–Crippen MR) is 84.8 cm³/mol. The molecule has 1 amide bonds. The highest BCUT2D eigenvalue weighted by Gasteiger charge is 2.34. The number of amides is 1. The first kappa shape index (κ1) is 13.5. The number of hydrogen-bond acceptors (Lipinski definition) is 3. The Labute approximate surface area is 128 Å². The number of pyridine rings is 1. The third kappa shape index (κ3) is 2.31. The second kappa shape index (κ2) is 5.25. The minimum Gasteiger partial charge on any atom is -0.337 e. The largest absolute Gasteiger partial charge is 0.337 e. The lowest BCUT2D eigenvalue weighted by molar-refractivity contribution is -0.133. The molecule has 2 aliphatic heterocycles. The fraction of sp³-hybridized carbons (Fsp3) is 0.412. The van der Waals surface area contributed by atoms with Crippen LogP contribution in [0.1, 0.15) is 12.1 Å². The van der Waals surface area contributed by atoms with Gasteiger partial charge in [0, 0.05) is 43.3 Å². The van der Waals surface area contributed by atoms with Gasteiger partial charge in [-0.05, 0) is 23.9 Å². The van der Waals surface area contributed by atoms with E-state index in [0.29, 0.717) is 17.1 Å². The first-order chi connectivity index (χ1) is 10.7. The summed E-state index contributed by atoms with van der Waals surface area (Å²) >= 11 is 0. The van der Waals surface area contributed by atoms with Gasteiger partial charge in [0.1, 0.15) is 0 Å². The van der Waals surface area contributed by atoms with Crippen molar-refractivity contribution in [2.24, 2.45) is 0 Å². The van der Waals surface area contributed by atoms with Gasteiger partial charge in [-0.1, -0.05) is 18.2 Å². The first-order valence-corrected chi connectivity index (χ1v) is 7.83. The molecule has 2 atom stereocenters. The van der Waals surface area contributed by atoms with Gasteiger partial charge in [-0.3, -0.25) is 14.5 Å². The van der Waals surface area contributed by atoms with Gasteiger partial charge in [-0.25, -0.2) is 0 Å². The average Bonchev–Trinajstić information content (AvgIpc) is 2.88. The number of carbonyl (C=O) groups is 1.